The third-order valence-electron chi connectivity index (χ3n) is 5.45. The summed E-state index contributed by atoms with van der Waals surface area (Å²) < 4.78 is 83.0. The molecule has 2 N–H and O–H groups in total. The summed E-state index contributed by atoms with van der Waals surface area (Å²) in [6.07, 6.45) is -7.27. The summed E-state index contributed by atoms with van der Waals surface area (Å²) in [6.45, 7) is 3.09. The van der Waals surface area contributed by atoms with Gasteiger partial charge in [-0.1, -0.05) is 5.16 Å². The van der Waals surface area contributed by atoms with Crippen LogP contribution in [0.15, 0.2) is 28.8 Å². The molecule has 5 nitrogen and oxygen atoms in total. The first-order chi connectivity index (χ1) is 14.9. The highest BCUT2D eigenvalue weighted by Gasteiger charge is 2.37. The van der Waals surface area contributed by atoms with Crippen molar-refractivity contribution in [2.24, 2.45) is 5.92 Å². The first kappa shape index (κ1) is 24.1. The molecule has 0 spiro atoms. The summed E-state index contributed by atoms with van der Waals surface area (Å²) >= 11 is 0. The highest BCUT2D eigenvalue weighted by molar-refractivity contribution is 5.94. The first-order valence-electron chi connectivity index (χ1n) is 10.1. The van der Waals surface area contributed by atoms with Crippen molar-refractivity contribution in [2.75, 3.05) is 6.54 Å². The maximum Gasteiger partial charge on any atom is 0.416 e. The number of nitrogens with zero attached hydrogens (tertiary/aromatic N) is 1. The second-order valence-electron chi connectivity index (χ2n) is 8.05. The van der Waals surface area contributed by atoms with Crippen LogP contribution in [-0.2, 0) is 18.9 Å². The Morgan fingerprint density at radius 3 is 2.09 bits per heavy atom. The molecule has 176 valence electrons. The fourth-order valence-electron chi connectivity index (χ4n) is 3.77. The molecule has 1 heterocycles. The van der Waals surface area contributed by atoms with Crippen LogP contribution in [0, 0.1) is 12.8 Å². The Morgan fingerprint density at radius 2 is 1.59 bits per heavy atom. The Kier molecular flexibility index (Phi) is 7.16. The lowest BCUT2D eigenvalue weighted by Crippen LogP contribution is -2.39. The van der Waals surface area contributed by atoms with E-state index in [0.717, 1.165) is 30.8 Å². The molecule has 1 saturated carbocycles. The molecule has 0 aliphatic heterocycles. The summed E-state index contributed by atoms with van der Waals surface area (Å²) in [7, 11) is 0. The third-order valence-corrected chi connectivity index (χ3v) is 5.45. The number of halogens is 6. The van der Waals surface area contributed by atoms with Crippen LogP contribution in [0.2, 0.25) is 0 Å². The topological polar surface area (TPSA) is 67.2 Å². The molecule has 0 unspecified atom stereocenters. The van der Waals surface area contributed by atoms with E-state index >= 15 is 0 Å². The van der Waals surface area contributed by atoms with Crippen molar-refractivity contribution in [3.63, 3.8) is 0 Å². The average Bonchev–Trinajstić information content (AvgIpc) is 3.12. The van der Waals surface area contributed by atoms with E-state index in [2.05, 4.69) is 15.8 Å². The second-order valence-corrected chi connectivity index (χ2v) is 8.05. The largest absolute Gasteiger partial charge is 0.416 e. The molecular weight excluding hydrogens is 440 g/mol. The SMILES string of the molecule is Cc1cc(CNCC2CCC(NC(=O)c3cc(C(F)(F)F)cc(C(F)(F)F)c3)CC2)no1. The van der Waals surface area contributed by atoms with Crippen molar-refractivity contribution < 1.29 is 35.7 Å². The number of amides is 1. The van der Waals surface area contributed by atoms with Crippen molar-refractivity contribution in [3.05, 3.63) is 52.4 Å². The molecule has 2 aromatic rings. The van der Waals surface area contributed by atoms with Gasteiger partial charge in [-0.05, 0) is 63.3 Å². The van der Waals surface area contributed by atoms with Crippen molar-refractivity contribution in [3.8, 4) is 0 Å². The molecule has 3 rings (SSSR count). The predicted octanol–water partition coefficient (Wildman–Crippen LogP) is 5.10. The van der Waals surface area contributed by atoms with Gasteiger partial charge in [-0.2, -0.15) is 26.3 Å². The summed E-state index contributed by atoms with van der Waals surface area (Å²) in [6, 6.07) is 2.44. The molecule has 1 aliphatic rings. The van der Waals surface area contributed by atoms with Gasteiger partial charge in [0, 0.05) is 24.2 Å². The molecule has 1 amide bonds. The number of benzene rings is 1. The molecule has 11 heteroatoms. The van der Waals surface area contributed by atoms with Gasteiger partial charge in [0.25, 0.3) is 5.91 Å². The molecule has 1 aromatic carbocycles. The Hall–Kier alpha value is -2.56. The number of rotatable bonds is 6. The van der Waals surface area contributed by atoms with Gasteiger partial charge in [-0.15, -0.1) is 0 Å². The average molecular weight is 463 g/mol. The lowest BCUT2D eigenvalue weighted by molar-refractivity contribution is -0.143. The lowest BCUT2D eigenvalue weighted by atomic mass is 9.86. The predicted molar refractivity (Wildman–Crippen MR) is 103 cm³/mol. The Labute approximate surface area is 180 Å². The highest BCUT2D eigenvalue weighted by atomic mass is 19.4. The van der Waals surface area contributed by atoms with Gasteiger partial charge in [0.05, 0.1) is 16.8 Å². The lowest BCUT2D eigenvalue weighted by Gasteiger charge is -2.29. The highest BCUT2D eigenvalue weighted by Crippen LogP contribution is 2.36. The van der Waals surface area contributed by atoms with Crippen LogP contribution in [0.3, 0.4) is 0 Å². The number of aryl methyl sites for hydroxylation is 1. The fraction of sp³-hybridized carbons (Fsp3) is 0.524. The molecule has 0 atom stereocenters. The van der Waals surface area contributed by atoms with Gasteiger partial charge in [0.1, 0.15) is 5.76 Å². The monoisotopic (exact) mass is 463 g/mol. The summed E-state index contributed by atoms with van der Waals surface area (Å²) in [5.74, 6) is 0.132. The smallest absolute Gasteiger partial charge is 0.361 e. The van der Waals surface area contributed by atoms with E-state index in [4.69, 9.17) is 4.52 Å². The Balaban J connectivity index is 1.54. The van der Waals surface area contributed by atoms with Crippen molar-refractivity contribution in [1.82, 2.24) is 15.8 Å². The number of aromatic nitrogens is 1. The maximum absolute atomic E-state index is 13.0. The minimum atomic E-state index is -4.99. The molecular formula is C21H23F6N3O2. The number of carbonyl (C=O) groups is 1. The van der Waals surface area contributed by atoms with E-state index in [9.17, 15) is 31.1 Å². The van der Waals surface area contributed by atoms with Crippen molar-refractivity contribution in [2.45, 2.75) is 57.5 Å². The van der Waals surface area contributed by atoms with E-state index in [1.807, 2.05) is 6.07 Å². The maximum atomic E-state index is 13.0. The molecule has 1 aromatic heterocycles. The standard InChI is InChI=1S/C21H23F6N3O2/c1-12-6-18(30-32-12)11-28-10-13-2-4-17(5-3-13)29-19(31)14-7-15(20(22,23)24)9-16(8-14)21(25,26)27/h6-9,13,17,28H,2-5,10-11H2,1H3,(H,29,31). The zero-order chi connectivity index (χ0) is 23.5. The van der Waals surface area contributed by atoms with Crippen LogP contribution in [0.25, 0.3) is 0 Å². The molecule has 1 fully saturated rings. The van der Waals surface area contributed by atoms with E-state index in [-0.39, 0.29) is 12.1 Å². The molecule has 0 bridgehead atoms. The van der Waals surface area contributed by atoms with Crippen LogP contribution in [-0.4, -0.2) is 23.7 Å². The third kappa shape index (κ3) is 6.47. The van der Waals surface area contributed by atoms with Gasteiger partial charge >= 0.3 is 12.4 Å². The molecule has 32 heavy (non-hydrogen) atoms. The van der Waals surface area contributed by atoms with Crippen LogP contribution >= 0.6 is 0 Å². The van der Waals surface area contributed by atoms with Crippen LogP contribution in [0.4, 0.5) is 26.3 Å². The summed E-state index contributed by atoms with van der Waals surface area (Å²) in [5.41, 5.74) is -2.87. The van der Waals surface area contributed by atoms with Crippen LogP contribution < -0.4 is 10.6 Å². The normalized spacial score (nSPS) is 19.7. The van der Waals surface area contributed by atoms with Gasteiger partial charge in [0.15, 0.2) is 0 Å². The minimum Gasteiger partial charge on any atom is -0.361 e. The van der Waals surface area contributed by atoms with Gasteiger partial charge in [-0.3, -0.25) is 4.79 Å². The molecule has 1 aliphatic carbocycles. The van der Waals surface area contributed by atoms with Gasteiger partial charge < -0.3 is 15.2 Å². The number of alkyl halides is 6. The molecule has 0 saturated heterocycles. The van der Waals surface area contributed by atoms with E-state index in [1.54, 1.807) is 6.92 Å². The fourth-order valence-corrected chi connectivity index (χ4v) is 3.77. The number of hydrogen-bond acceptors (Lipinski definition) is 4. The van der Waals surface area contributed by atoms with Gasteiger partial charge in [0.2, 0.25) is 0 Å². The summed E-state index contributed by atoms with van der Waals surface area (Å²) in [5, 5.41) is 9.75. The zero-order valence-corrected chi connectivity index (χ0v) is 17.2. The molecule has 0 radical (unpaired) electrons. The van der Waals surface area contributed by atoms with E-state index in [0.29, 0.717) is 37.4 Å². The first-order valence-corrected chi connectivity index (χ1v) is 10.1. The van der Waals surface area contributed by atoms with Crippen LogP contribution in [0.5, 0.6) is 0 Å². The van der Waals surface area contributed by atoms with E-state index < -0.39 is 35.0 Å². The second kappa shape index (κ2) is 9.51. The van der Waals surface area contributed by atoms with Gasteiger partial charge in [-0.25, -0.2) is 0 Å². The number of nitrogens with one attached hydrogen (secondary N) is 2. The Morgan fingerprint density at radius 1 is 1.00 bits per heavy atom. The van der Waals surface area contributed by atoms with Crippen molar-refractivity contribution in [1.29, 1.82) is 0 Å². The number of hydrogen-bond donors (Lipinski definition) is 2. The van der Waals surface area contributed by atoms with Crippen molar-refractivity contribution >= 4 is 5.91 Å². The minimum absolute atomic E-state index is 0.00928. The van der Waals surface area contributed by atoms with Crippen LogP contribution in [0.1, 0.15) is 58.6 Å². The zero-order valence-electron chi connectivity index (χ0n) is 17.2. The quantitative estimate of drug-likeness (QED) is 0.585. The number of carbonyl (C=O) groups excluding carboxylic acids is 1. The Bertz CT molecular complexity index is 898. The van der Waals surface area contributed by atoms with E-state index in [1.165, 1.54) is 0 Å². The summed E-state index contributed by atoms with van der Waals surface area (Å²) in [4.78, 5) is 12.4.